The van der Waals surface area contributed by atoms with Gasteiger partial charge < -0.3 is 23.7 Å². The van der Waals surface area contributed by atoms with Crippen molar-refractivity contribution < 1.29 is 32.2 Å². The van der Waals surface area contributed by atoms with Crippen LogP contribution in [0.25, 0.3) is 11.0 Å². The Kier molecular flexibility index (Phi) is 6.79. The Morgan fingerprint density at radius 1 is 1.08 bits per heavy atom. The van der Waals surface area contributed by atoms with Crippen LogP contribution in [0.15, 0.2) is 42.5 Å². The maximum absolute atomic E-state index is 13.3. The number of carbonyl (C=O) groups is 1. The molecule has 2 aliphatic rings. The third-order valence-corrected chi connectivity index (χ3v) is 6.87. The van der Waals surface area contributed by atoms with Crippen LogP contribution in [0, 0.1) is 0 Å². The van der Waals surface area contributed by atoms with Gasteiger partial charge in [-0.3, -0.25) is 4.79 Å². The van der Waals surface area contributed by atoms with Crippen LogP contribution in [-0.4, -0.2) is 53.8 Å². The molecule has 5 rings (SSSR count). The highest BCUT2D eigenvalue weighted by atomic mass is 19.4. The number of carbonyl (C=O) groups excluding carboxylic acids is 1. The average molecular weight is 504 g/mol. The Morgan fingerprint density at radius 2 is 1.81 bits per heavy atom. The minimum absolute atomic E-state index is 0.0116. The number of hydrogen-bond acceptors (Lipinski definition) is 5. The Bertz CT molecular complexity index is 1210. The predicted molar refractivity (Wildman–Crippen MR) is 126 cm³/mol. The van der Waals surface area contributed by atoms with E-state index >= 15 is 0 Å². The molecular weight excluding hydrogens is 475 g/mol. The van der Waals surface area contributed by atoms with Gasteiger partial charge in [-0.05, 0) is 68.1 Å². The maximum Gasteiger partial charge on any atom is 0.416 e. The first kappa shape index (κ1) is 24.4. The first-order valence-electron chi connectivity index (χ1n) is 12.1. The van der Waals surface area contributed by atoms with Gasteiger partial charge in [0.1, 0.15) is 23.4 Å². The largest absolute Gasteiger partial charge is 0.497 e. The maximum atomic E-state index is 13.3. The molecule has 2 saturated heterocycles. The highest BCUT2D eigenvalue weighted by molar-refractivity contribution is 5.78. The van der Waals surface area contributed by atoms with Gasteiger partial charge in [0, 0.05) is 25.7 Å². The minimum Gasteiger partial charge on any atom is -0.497 e. The van der Waals surface area contributed by atoms with Crippen LogP contribution in [0.4, 0.5) is 13.2 Å². The van der Waals surface area contributed by atoms with Gasteiger partial charge in [-0.25, -0.2) is 4.98 Å². The number of methoxy groups -OCH3 is 1. The second-order valence-corrected chi connectivity index (χ2v) is 9.12. The van der Waals surface area contributed by atoms with Crippen molar-refractivity contribution in [1.29, 1.82) is 0 Å². The SMILES string of the molecule is COc1ccc(OCC(=O)N2CCC(n3c([C@@H]4CCCO4)nc4cc(C(F)(F)F)ccc43)CC2)cc1. The van der Waals surface area contributed by atoms with E-state index in [1.165, 1.54) is 6.07 Å². The summed E-state index contributed by atoms with van der Waals surface area (Å²) < 4.78 is 58.5. The Hall–Kier alpha value is -3.27. The molecule has 0 radical (unpaired) electrons. The standard InChI is InChI=1S/C26H28F3N3O4/c1-34-19-5-7-20(8-6-19)36-16-24(33)31-12-10-18(11-13-31)32-22-9-4-17(26(27,28)29)15-21(22)30-25(32)23-3-2-14-35-23/h4-9,15,18,23H,2-3,10-14,16H2,1H3/t23-/m0/s1. The summed E-state index contributed by atoms with van der Waals surface area (Å²) in [5, 5.41) is 0. The number of benzene rings is 2. The van der Waals surface area contributed by atoms with Crippen LogP contribution in [0.3, 0.4) is 0 Å². The van der Waals surface area contributed by atoms with Crippen LogP contribution >= 0.6 is 0 Å². The lowest BCUT2D eigenvalue weighted by Crippen LogP contribution is -2.41. The molecule has 0 saturated carbocycles. The summed E-state index contributed by atoms with van der Waals surface area (Å²) >= 11 is 0. The number of nitrogens with zero attached hydrogens (tertiary/aromatic N) is 3. The van der Waals surface area contributed by atoms with Gasteiger partial charge in [-0.15, -0.1) is 0 Å². The smallest absolute Gasteiger partial charge is 0.416 e. The van der Waals surface area contributed by atoms with E-state index in [2.05, 4.69) is 4.98 Å². The lowest BCUT2D eigenvalue weighted by atomic mass is 10.0. The summed E-state index contributed by atoms with van der Waals surface area (Å²) in [5.41, 5.74) is 0.277. The highest BCUT2D eigenvalue weighted by Gasteiger charge is 2.34. The molecule has 1 atom stereocenters. The van der Waals surface area contributed by atoms with Crippen LogP contribution < -0.4 is 9.47 Å². The molecule has 1 amide bonds. The van der Waals surface area contributed by atoms with Crippen molar-refractivity contribution in [2.75, 3.05) is 33.4 Å². The van der Waals surface area contributed by atoms with E-state index < -0.39 is 11.7 Å². The first-order chi connectivity index (χ1) is 17.3. The van der Waals surface area contributed by atoms with E-state index in [0.29, 0.717) is 60.9 Å². The molecular formula is C26H28F3N3O4. The van der Waals surface area contributed by atoms with Crippen LogP contribution in [0.5, 0.6) is 11.5 Å². The first-order valence-corrected chi connectivity index (χ1v) is 12.1. The molecule has 3 heterocycles. The van der Waals surface area contributed by atoms with Gasteiger partial charge in [0.25, 0.3) is 5.91 Å². The monoisotopic (exact) mass is 503 g/mol. The van der Waals surface area contributed by atoms with Gasteiger partial charge in [0.2, 0.25) is 0 Å². The highest BCUT2D eigenvalue weighted by Crippen LogP contribution is 2.38. The zero-order valence-electron chi connectivity index (χ0n) is 20.0. The number of ether oxygens (including phenoxy) is 3. The van der Waals surface area contributed by atoms with E-state index in [-0.39, 0.29) is 24.7 Å². The molecule has 2 fully saturated rings. The van der Waals surface area contributed by atoms with Crippen molar-refractivity contribution in [2.24, 2.45) is 0 Å². The molecule has 0 unspecified atom stereocenters. The number of hydrogen-bond donors (Lipinski definition) is 0. The third kappa shape index (κ3) is 5.00. The summed E-state index contributed by atoms with van der Waals surface area (Å²) in [6.45, 7) is 1.61. The summed E-state index contributed by atoms with van der Waals surface area (Å²) in [5.74, 6) is 1.87. The average Bonchev–Trinajstić information content (AvgIpc) is 3.55. The van der Waals surface area contributed by atoms with Crippen LogP contribution in [-0.2, 0) is 15.7 Å². The van der Waals surface area contributed by atoms with Crippen molar-refractivity contribution in [3.8, 4) is 11.5 Å². The van der Waals surface area contributed by atoms with Crippen LogP contribution in [0.2, 0.25) is 0 Å². The van der Waals surface area contributed by atoms with Gasteiger partial charge in [-0.2, -0.15) is 13.2 Å². The third-order valence-electron chi connectivity index (χ3n) is 6.87. The summed E-state index contributed by atoms with van der Waals surface area (Å²) in [4.78, 5) is 19.1. The lowest BCUT2D eigenvalue weighted by molar-refractivity contribution is -0.137. The Morgan fingerprint density at radius 3 is 2.44 bits per heavy atom. The fourth-order valence-electron chi connectivity index (χ4n) is 4.97. The number of alkyl halides is 3. The molecule has 3 aromatic rings. The van der Waals surface area contributed by atoms with E-state index in [4.69, 9.17) is 14.2 Å². The molecule has 10 heteroatoms. The van der Waals surface area contributed by atoms with Crippen molar-refractivity contribution >= 4 is 16.9 Å². The summed E-state index contributed by atoms with van der Waals surface area (Å²) in [6.07, 6.45) is -1.65. The number of imidazole rings is 1. The van der Waals surface area contributed by atoms with Gasteiger partial charge in [0.05, 0.1) is 23.7 Å². The topological polar surface area (TPSA) is 65.8 Å². The van der Waals surface area contributed by atoms with E-state index in [1.807, 2.05) is 4.57 Å². The number of amides is 1. The summed E-state index contributed by atoms with van der Waals surface area (Å²) in [7, 11) is 1.58. The fourth-order valence-corrected chi connectivity index (χ4v) is 4.97. The second-order valence-electron chi connectivity index (χ2n) is 9.12. The molecule has 36 heavy (non-hydrogen) atoms. The molecule has 2 aromatic carbocycles. The zero-order chi connectivity index (χ0) is 25.3. The number of fused-ring (bicyclic) bond motifs is 1. The number of rotatable bonds is 6. The fraction of sp³-hybridized carbons (Fsp3) is 0.462. The van der Waals surface area contributed by atoms with Crippen molar-refractivity contribution in [1.82, 2.24) is 14.5 Å². The quantitative estimate of drug-likeness (QED) is 0.465. The van der Waals surface area contributed by atoms with Gasteiger partial charge >= 0.3 is 6.18 Å². The molecule has 2 aliphatic heterocycles. The van der Waals surface area contributed by atoms with Gasteiger partial charge in [-0.1, -0.05) is 0 Å². The predicted octanol–water partition coefficient (Wildman–Crippen LogP) is 5.16. The molecule has 192 valence electrons. The minimum atomic E-state index is -4.43. The molecule has 0 N–H and O–H groups in total. The van der Waals surface area contributed by atoms with Crippen LogP contribution in [0.1, 0.15) is 49.2 Å². The normalized spacial score (nSPS) is 19.1. The van der Waals surface area contributed by atoms with Gasteiger partial charge in [0.15, 0.2) is 6.61 Å². The molecule has 7 nitrogen and oxygen atoms in total. The lowest BCUT2D eigenvalue weighted by Gasteiger charge is -2.34. The second kappa shape index (κ2) is 10.0. The number of aromatic nitrogens is 2. The Balaban J connectivity index is 1.29. The number of halogens is 3. The molecule has 1 aromatic heterocycles. The van der Waals surface area contributed by atoms with E-state index in [0.717, 1.165) is 25.0 Å². The van der Waals surface area contributed by atoms with Crippen molar-refractivity contribution in [2.45, 2.75) is 44.0 Å². The molecule has 0 spiro atoms. The summed E-state index contributed by atoms with van der Waals surface area (Å²) in [6, 6.07) is 10.8. The van der Waals surface area contributed by atoms with Crippen molar-refractivity contribution in [3.05, 3.63) is 53.9 Å². The number of piperidine rings is 1. The zero-order valence-corrected chi connectivity index (χ0v) is 20.0. The molecule has 0 bridgehead atoms. The number of likely N-dealkylation sites (tertiary alicyclic amines) is 1. The van der Waals surface area contributed by atoms with Crippen molar-refractivity contribution in [3.63, 3.8) is 0 Å². The van der Waals surface area contributed by atoms with E-state index in [1.54, 1.807) is 36.3 Å². The van der Waals surface area contributed by atoms with E-state index in [9.17, 15) is 18.0 Å². The Labute approximate surface area is 206 Å². The molecule has 0 aliphatic carbocycles.